The van der Waals surface area contributed by atoms with Crippen LogP contribution in [0, 0.1) is 18.8 Å². The van der Waals surface area contributed by atoms with Crippen LogP contribution < -0.4 is 0 Å². The van der Waals surface area contributed by atoms with Crippen LogP contribution in [-0.4, -0.2) is 11.1 Å². The quantitative estimate of drug-likeness (QED) is 0.748. The molecule has 1 aromatic rings. The molecule has 0 spiro atoms. The fourth-order valence-electron chi connectivity index (χ4n) is 1.53. The van der Waals surface area contributed by atoms with Gasteiger partial charge in [0.1, 0.15) is 0 Å². The fraction of sp³-hybridized carbons (Fsp3) is 0.308. The summed E-state index contributed by atoms with van der Waals surface area (Å²) in [5.74, 6) is 3.91. The van der Waals surface area contributed by atoms with Crippen molar-refractivity contribution < 1.29 is 9.90 Å². The molecule has 0 fully saturated rings. The number of carboxylic acids is 1. The van der Waals surface area contributed by atoms with Crippen molar-refractivity contribution in [1.82, 2.24) is 0 Å². The molecule has 0 bridgehead atoms. The van der Waals surface area contributed by atoms with Gasteiger partial charge >= 0.3 is 5.97 Å². The van der Waals surface area contributed by atoms with Crippen LogP contribution in [0.1, 0.15) is 30.4 Å². The predicted molar refractivity (Wildman–Crippen MR) is 59.6 cm³/mol. The van der Waals surface area contributed by atoms with E-state index in [2.05, 4.69) is 11.8 Å². The summed E-state index contributed by atoms with van der Waals surface area (Å²) >= 11 is 0. The lowest BCUT2D eigenvalue weighted by molar-refractivity contribution is -0.130. The zero-order chi connectivity index (χ0) is 11.3. The van der Waals surface area contributed by atoms with Crippen molar-refractivity contribution >= 4 is 5.97 Å². The number of benzene rings is 1. The zero-order valence-corrected chi connectivity index (χ0v) is 8.95. The molecule has 1 rings (SSSR count). The van der Waals surface area contributed by atoms with Gasteiger partial charge in [-0.25, -0.2) is 4.79 Å². The summed E-state index contributed by atoms with van der Waals surface area (Å²) in [6.07, 6.45) is 0.825. The van der Waals surface area contributed by atoms with Crippen LogP contribution in [0.15, 0.2) is 24.3 Å². The first-order valence-electron chi connectivity index (χ1n) is 4.95. The Bertz CT molecular complexity index is 410. The van der Waals surface area contributed by atoms with Crippen LogP contribution in [0.4, 0.5) is 0 Å². The number of carbonyl (C=O) groups is 1. The smallest absolute Gasteiger partial charge is 0.381 e. The SMILES string of the molecule is CCC(C#CC(=O)O)c1ccccc1C. The number of aryl methyl sites for hydroxylation is 1. The lowest BCUT2D eigenvalue weighted by atomic mass is 9.93. The molecule has 0 aromatic heterocycles. The van der Waals surface area contributed by atoms with Gasteiger partial charge in [-0.3, -0.25) is 0 Å². The summed E-state index contributed by atoms with van der Waals surface area (Å²) < 4.78 is 0. The van der Waals surface area contributed by atoms with E-state index in [9.17, 15) is 4.79 Å². The Morgan fingerprint density at radius 3 is 2.67 bits per heavy atom. The molecule has 0 saturated carbocycles. The maximum absolute atomic E-state index is 10.4. The third kappa shape index (κ3) is 3.14. The highest BCUT2D eigenvalue weighted by molar-refractivity contribution is 5.86. The molecule has 1 unspecified atom stereocenters. The van der Waals surface area contributed by atoms with Gasteiger partial charge in [-0.05, 0) is 24.5 Å². The van der Waals surface area contributed by atoms with Gasteiger partial charge in [-0.2, -0.15) is 0 Å². The van der Waals surface area contributed by atoms with Crippen LogP contribution in [-0.2, 0) is 4.79 Å². The summed E-state index contributed by atoms with van der Waals surface area (Å²) in [6, 6.07) is 7.93. The van der Waals surface area contributed by atoms with Crippen molar-refractivity contribution in [3.8, 4) is 11.8 Å². The Morgan fingerprint density at radius 2 is 2.13 bits per heavy atom. The van der Waals surface area contributed by atoms with Gasteiger partial charge in [0.05, 0.1) is 0 Å². The van der Waals surface area contributed by atoms with Crippen LogP contribution in [0.3, 0.4) is 0 Å². The Hall–Kier alpha value is -1.75. The first-order chi connectivity index (χ1) is 7.15. The summed E-state index contributed by atoms with van der Waals surface area (Å²) in [7, 11) is 0. The number of carboxylic acid groups (broad SMARTS) is 1. The van der Waals surface area contributed by atoms with Gasteiger partial charge in [-0.1, -0.05) is 37.1 Å². The van der Waals surface area contributed by atoms with Crippen molar-refractivity contribution in [2.24, 2.45) is 0 Å². The average molecular weight is 202 g/mol. The van der Waals surface area contributed by atoms with E-state index >= 15 is 0 Å². The number of hydrogen-bond donors (Lipinski definition) is 1. The highest BCUT2D eigenvalue weighted by Crippen LogP contribution is 2.21. The fourth-order valence-corrected chi connectivity index (χ4v) is 1.53. The standard InChI is InChI=1S/C13H14O2/c1-3-11(8-9-13(14)15)12-7-5-4-6-10(12)2/h4-7,11H,3H2,1-2H3,(H,14,15). The monoisotopic (exact) mass is 202 g/mol. The van der Waals surface area contributed by atoms with Crippen molar-refractivity contribution in [2.45, 2.75) is 26.2 Å². The van der Waals surface area contributed by atoms with Crippen molar-refractivity contribution in [2.75, 3.05) is 0 Å². The molecule has 1 atom stereocenters. The van der Waals surface area contributed by atoms with Crippen LogP contribution in [0.5, 0.6) is 0 Å². The average Bonchev–Trinajstić information content (AvgIpc) is 2.21. The second-order valence-corrected chi connectivity index (χ2v) is 3.39. The summed E-state index contributed by atoms with van der Waals surface area (Å²) in [5, 5.41) is 8.50. The van der Waals surface area contributed by atoms with Gasteiger partial charge in [-0.15, -0.1) is 0 Å². The molecule has 1 aromatic carbocycles. The lowest BCUT2D eigenvalue weighted by Gasteiger charge is -2.10. The molecule has 1 N–H and O–H groups in total. The number of hydrogen-bond acceptors (Lipinski definition) is 1. The molecule has 0 heterocycles. The van der Waals surface area contributed by atoms with Gasteiger partial charge in [0.25, 0.3) is 0 Å². The second kappa shape index (κ2) is 5.21. The Labute approximate surface area is 89.9 Å². The van der Waals surface area contributed by atoms with E-state index in [-0.39, 0.29) is 5.92 Å². The van der Waals surface area contributed by atoms with Crippen molar-refractivity contribution in [3.05, 3.63) is 35.4 Å². The number of aliphatic carboxylic acids is 1. The second-order valence-electron chi connectivity index (χ2n) is 3.39. The van der Waals surface area contributed by atoms with Crippen LogP contribution in [0.2, 0.25) is 0 Å². The maximum atomic E-state index is 10.4. The third-order valence-corrected chi connectivity index (χ3v) is 2.33. The summed E-state index contributed by atoms with van der Waals surface area (Å²) in [5.41, 5.74) is 2.28. The Morgan fingerprint density at radius 1 is 1.47 bits per heavy atom. The molecule has 78 valence electrons. The molecule has 0 aliphatic rings. The van der Waals surface area contributed by atoms with Gasteiger partial charge in [0.2, 0.25) is 0 Å². The highest BCUT2D eigenvalue weighted by atomic mass is 16.4. The minimum Gasteiger partial charge on any atom is -0.472 e. The summed E-state index contributed by atoms with van der Waals surface area (Å²) in [4.78, 5) is 10.4. The largest absolute Gasteiger partial charge is 0.472 e. The molecule has 0 aliphatic carbocycles. The minimum absolute atomic E-state index is 0.0160. The van der Waals surface area contributed by atoms with Crippen LogP contribution >= 0.6 is 0 Å². The van der Waals surface area contributed by atoms with E-state index in [4.69, 9.17) is 5.11 Å². The van der Waals surface area contributed by atoms with Gasteiger partial charge in [0.15, 0.2) is 0 Å². The Kier molecular flexibility index (Phi) is 3.93. The molecule has 0 aliphatic heterocycles. The molecule has 0 radical (unpaired) electrons. The van der Waals surface area contributed by atoms with E-state index in [1.807, 2.05) is 38.1 Å². The highest BCUT2D eigenvalue weighted by Gasteiger charge is 2.08. The van der Waals surface area contributed by atoms with Crippen molar-refractivity contribution in [3.63, 3.8) is 0 Å². The normalized spacial score (nSPS) is 11.3. The van der Waals surface area contributed by atoms with E-state index < -0.39 is 5.97 Å². The van der Waals surface area contributed by atoms with Gasteiger partial charge < -0.3 is 5.11 Å². The predicted octanol–water partition coefficient (Wildman–Crippen LogP) is 2.58. The number of rotatable bonds is 2. The first-order valence-corrected chi connectivity index (χ1v) is 4.95. The summed E-state index contributed by atoms with van der Waals surface area (Å²) in [6.45, 7) is 4.02. The van der Waals surface area contributed by atoms with E-state index in [0.717, 1.165) is 17.5 Å². The topological polar surface area (TPSA) is 37.3 Å². The molecule has 15 heavy (non-hydrogen) atoms. The molecular formula is C13H14O2. The van der Waals surface area contributed by atoms with E-state index in [1.165, 1.54) is 0 Å². The minimum atomic E-state index is -1.07. The van der Waals surface area contributed by atoms with E-state index in [0.29, 0.717) is 0 Å². The van der Waals surface area contributed by atoms with E-state index in [1.54, 1.807) is 0 Å². The van der Waals surface area contributed by atoms with Crippen LogP contribution in [0.25, 0.3) is 0 Å². The molecule has 0 saturated heterocycles. The first kappa shape index (κ1) is 11.3. The third-order valence-electron chi connectivity index (χ3n) is 2.33. The van der Waals surface area contributed by atoms with Crippen molar-refractivity contribution in [1.29, 1.82) is 0 Å². The van der Waals surface area contributed by atoms with Gasteiger partial charge in [0, 0.05) is 11.8 Å². The zero-order valence-electron chi connectivity index (χ0n) is 8.95. The molecule has 0 amide bonds. The maximum Gasteiger partial charge on any atom is 0.381 e. The molecular weight excluding hydrogens is 188 g/mol. The Balaban J connectivity index is 3.00. The molecule has 2 heteroatoms. The lowest BCUT2D eigenvalue weighted by Crippen LogP contribution is -1.98. The molecule has 2 nitrogen and oxygen atoms in total.